The number of carbonyl (C=O) groups excluding carboxylic acids is 1. The van der Waals surface area contributed by atoms with Gasteiger partial charge >= 0.3 is 0 Å². The van der Waals surface area contributed by atoms with E-state index in [1.807, 2.05) is 32.2 Å². The summed E-state index contributed by atoms with van der Waals surface area (Å²) < 4.78 is 5.40. The number of hydrogen-bond donors (Lipinski definition) is 2. The lowest BCUT2D eigenvalue weighted by Gasteiger charge is -2.21. The maximum absolute atomic E-state index is 12.4. The van der Waals surface area contributed by atoms with E-state index in [9.17, 15) is 4.79 Å². The number of amides is 1. The van der Waals surface area contributed by atoms with Gasteiger partial charge in [-0.05, 0) is 67.8 Å². The molecule has 1 amide bonds. The van der Waals surface area contributed by atoms with Crippen LogP contribution in [0.5, 0.6) is 5.75 Å². The third-order valence-electron chi connectivity index (χ3n) is 4.32. The zero-order chi connectivity index (χ0) is 16.9. The number of rotatable bonds is 5. The number of fused-ring (bicyclic) bond motifs is 1. The fourth-order valence-corrected chi connectivity index (χ4v) is 3.02. The molecule has 0 unspecified atom stereocenters. The minimum atomic E-state index is -0.0796. The summed E-state index contributed by atoms with van der Waals surface area (Å²) in [5, 5.41) is 6.37. The van der Waals surface area contributed by atoms with Crippen molar-refractivity contribution in [1.82, 2.24) is 15.6 Å². The van der Waals surface area contributed by atoms with Gasteiger partial charge in [-0.15, -0.1) is 0 Å². The molecule has 2 N–H and O–H groups in total. The Labute approximate surface area is 142 Å². The molecule has 2 aromatic rings. The maximum Gasteiger partial charge on any atom is 0.251 e. The molecule has 24 heavy (non-hydrogen) atoms. The Morgan fingerprint density at radius 3 is 2.88 bits per heavy atom. The van der Waals surface area contributed by atoms with E-state index < -0.39 is 0 Å². The van der Waals surface area contributed by atoms with Gasteiger partial charge in [0.15, 0.2) is 0 Å². The number of aryl methyl sites for hydroxylation is 1. The summed E-state index contributed by atoms with van der Waals surface area (Å²) in [6.07, 6.45) is 2.92. The fraction of sp³-hybridized carbons (Fsp3) is 0.368. The Hall–Kier alpha value is -2.40. The zero-order valence-electron chi connectivity index (χ0n) is 14.2. The summed E-state index contributed by atoms with van der Waals surface area (Å²) in [6.45, 7) is 6.88. The van der Waals surface area contributed by atoms with Crippen LogP contribution in [-0.4, -0.2) is 24.0 Å². The number of nitrogens with one attached hydrogen (secondary N) is 2. The Bertz CT molecular complexity index is 726. The van der Waals surface area contributed by atoms with Crippen LogP contribution in [0.1, 0.15) is 39.7 Å². The van der Waals surface area contributed by atoms with Crippen molar-refractivity contribution in [2.45, 2.75) is 33.4 Å². The molecule has 0 radical (unpaired) electrons. The van der Waals surface area contributed by atoms with Gasteiger partial charge in [0.2, 0.25) is 0 Å². The molecule has 0 fully saturated rings. The highest BCUT2D eigenvalue weighted by atomic mass is 16.5. The summed E-state index contributed by atoms with van der Waals surface area (Å²) in [5.41, 5.74) is 5.33. The van der Waals surface area contributed by atoms with Crippen molar-refractivity contribution in [3.63, 3.8) is 0 Å². The number of carbonyl (C=O) groups is 1. The lowest BCUT2D eigenvalue weighted by atomic mass is 9.96. The summed E-state index contributed by atoms with van der Waals surface area (Å²) in [6, 6.07) is 7.22. The van der Waals surface area contributed by atoms with Crippen LogP contribution in [0.25, 0.3) is 0 Å². The summed E-state index contributed by atoms with van der Waals surface area (Å²) in [4.78, 5) is 16.8. The predicted octanol–water partition coefficient (Wildman–Crippen LogP) is 2.36. The molecule has 1 aromatic heterocycles. The van der Waals surface area contributed by atoms with Gasteiger partial charge in [-0.1, -0.05) is 0 Å². The van der Waals surface area contributed by atoms with Gasteiger partial charge in [0.1, 0.15) is 5.75 Å². The molecular weight excluding hydrogens is 302 g/mol. The third-order valence-corrected chi connectivity index (χ3v) is 4.32. The van der Waals surface area contributed by atoms with Crippen LogP contribution >= 0.6 is 0 Å². The molecule has 0 saturated heterocycles. The van der Waals surface area contributed by atoms with Gasteiger partial charge in [0, 0.05) is 30.5 Å². The number of pyridine rings is 1. The molecule has 3 rings (SSSR count). The number of nitrogens with zero attached hydrogens (tertiary/aromatic N) is 1. The van der Waals surface area contributed by atoms with Crippen LogP contribution in [0.3, 0.4) is 0 Å². The van der Waals surface area contributed by atoms with Crippen molar-refractivity contribution in [2.24, 2.45) is 0 Å². The lowest BCUT2D eigenvalue weighted by Crippen LogP contribution is -2.28. The van der Waals surface area contributed by atoms with E-state index >= 15 is 0 Å². The number of aromatic nitrogens is 1. The monoisotopic (exact) mass is 325 g/mol. The second-order valence-electron chi connectivity index (χ2n) is 5.89. The number of ether oxygens (including phenoxy) is 1. The van der Waals surface area contributed by atoms with Crippen LogP contribution in [0, 0.1) is 6.92 Å². The minimum Gasteiger partial charge on any atom is -0.494 e. The molecule has 2 heterocycles. The second kappa shape index (κ2) is 7.45. The van der Waals surface area contributed by atoms with E-state index in [4.69, 9.17) is 4.74 Å². The van der Waals surface area contributed by atoms with Gasteiger partial charge in [0.25, 0.3) is 5.91 Å². The maximum atomic E-state index is 12.4. The van der Waals surface area contributed by atoms with Crippen molar-refractivity contribution in [1.29, 1.82) is 0 Å². The molecule has 0 spiro atoms. The second-order valence-corrected chi connectivity index (χ2v) is 5.89. The van der Waals surface area contributed by atoms with E-state index in [2.05, 4.69) is 15.6 Å². The highest BCUT2D eigenvalue weighted by Gasteiger charge is 2.16. The molecule has 126 valence electrons. The smallest absolute Gasteiger partial charge is 0.251 e. The van der Waals surface area contributed by atoms with Gasteiger partial charge in [0.05, 0.1) is 6.61 Å². The number of benzene rings is 1. The molecule has 1 aromatic carbocycles. The average Bonchev–Trinajstić information content (AvgIpc) is 2.61. The van der Waals surface area contributed by atoms with Crippen molar-refractivity contribution in [2.75, 3.05) is 13.2 Å². The predicted molar refractivity (Wildman–Crippen MR) is 93.2 cm³/mol. The first kappa shape index (κ1) is 16.5. The van der Waals surface area contributed by atoms with Crippen LogP contribution in [0.2, 0.25) is 0 Å². The first-order valence-electron chi connectivity index (χ1n) is 8.37. The SMILES string of the molecule is CCOc1ccc(C(=O)NCc2c(C)ncc3c2CCNC3)cc1. The topological polar surface area (TPSA) is 63.2 Å². The molecule has 0 saturated carbocycles. The van der Waals surface area contributed by atoms with Gasteiger partial charge in [-0.3, -0.25) is 9.78 Å². The van der Waals surface area contributed by atoms with Crippen molar-refractivity contribution >= 4 is 5.91 Å². The minimum absolute atomic E-state index is 0.0796. The molecular formula is C19H23N3O2. The highest BCUT2D eigenvalue weighted by Crippen LogP contribution is 2.20. The van der Waals surface area contributed by atoms with Gasteiger partial charge < -0.3 is 15.4 Å². The number of hydrogen-bond acceptors (Lipinski definition) is 4. The first-order chi connectivity index (χ1) is 11.7. The molecule has 1 aliphatic rings. The molecule has 0 atom stereocenters. The van der Waals surface area contributed by atoms with Crippen molar-refractivity contribution in [3.8, 4) is 5.75 Å². The highest BCUT2D eigenvalue weighted by molar-refractivity contribution is 5.94. The van der Waals surface area contributed by atoms with Crippen molar-refractivity contribution in [3.05, 3.63) is 58.4 Å². The standard InChI is InChI=1S/C19H23N3O2/c1-3-24-16-6-4-14(5-7-16)19(23)22-12-18-13(2)21-11-15-10-20-9-8-17(15)18/h4-7,11,20H,3,8-10,12H2,1-2H3,(H,22,23). The normalized spacial score (nSPS) is 13.2. The zero-order valence-corrected chi connectivity index (χ0v) is 14.2. The van der Waals surface area contributed by atoms with E-state index in [0.717, 1.165) is 36.5 Å². The quantitative estimate of drug-likeness (QED) is 0.886. The van der Waals surface area contributed by atoms with Gasteiger partial charge in [-0.25, -0.2) is 0 Å². The first-order valence-corrected chi connectivity index (χ1v) is 8.37. The molecule has 0 aliphatic carbocycles. The third kappa shape index (κ3) is 3.57. The average molecular weight is 325 g/mol. The van der Waals surface area contributed by atoms with E-state index in [1.54, 1.807) is 12.1 Å². The van der Waals surface area contributed by atoms with E-state index in [0.29, 0.717) is 18.7 Å². The molecule has 0 bridgehead atoms. The Kier molecular flexibility index (Phi) is 5.11. The van der Waals surface area contributed by atoms with Crippen LogP contribution in [0.15, 0.2) is 30.5 Å². The van der Waals surface area contributed by atoms with Crippen LogP contribution in [0.4, 0.5) is 0 Å². The summed E-state index contributed by atoms with van der Waals surface area (Å²) in [5.74, 6) is 0.697. The van der Waals surface area contributed by atoms with Crippen LogP contribution < -0.4 is 15.4 Å². The lowest BCUT2D eigenvalue weighted by molar-refractivity contribution is 0.0950. The Balaban J connectivity index is 1.70. The molecule has 5 heteroatoms. The van der Waals surface area contributed by atoms with E-state index in [-0.39, 0.29) is 5.91 Å². The largest absolute Gasteiger partial charge is 0.494 e. The Morgan fingerprint density at radius 1 is 1.33 bits per heavy atom. The fourth-order valence-electron chi connectivity index (χ4n) is 3.02. The van der Waals surface area contributed by atoms with Crippen molar-refractivity contribution < 1.29 is 9.53 Å². The summed E-state index contributed by atoms with van der Waals surface area (Å²) >= 11 is 0. The molecule has 1 aliphatic heterocycles. The van der Waals surface area contributed by atoms with E-state index in [1.165, 1.54) is 11.1 Å². The Morgan fingerprint density at radius 2 is 2.12 bits per heavy atom. The van der Waals surface area contributed by atoms with Gasteiger partial charge in [-0.2, -0.15) is 0 Å². The summed E-state index contributed by atoms with van der Waals surface area (Å²) in [7, 11) is 0. The molecule has 5 nitrogen and oxygen atoms in total. The van der Waals surface area contributed by atoms with Crippen LogP contribution in [-0.2, 0) is 19.5 Å².